The summed E-state index contributed by atoms with van der Waals surface area (Å²) < 4.78 is 20.3. The van der Waals surface area contributed by atoms with Crippen LogP contribution in [0.2, 0.25) is 0 Å². The van der Waals surface area contributed by atoms with E-state index in [4.69, 9.17) is 4.74 Å². The van der Waals surface area contributed by atoms with Crippen LogP contribution in [0.15, 0.2) is 48.8 Å². The molecule has 0 saturated carbocycles. The zero-order chi connectivity index (χ0) is 16.2. The Bertz CT molecular complexity index is 845. The van der Waals surface area contributed by atoms with E-state index in [-0.39, 0.29) is 17.4 Å². The minimum absolute atomic E-state index is 0.209. The summed E-state index contributed by atoms with van der Waals surface area (Å²) in [5.74, 6) is -0.153. The van der Waals surface area contributed by atoms with Crippen LogP contribution >= 0.6 is 0 Å². The van der Waals surface area contributed by atoms with Gasteiger partial charge < -0.3 is 14.5 Å². The molecule has 3 aromatic rings. The molecule has 118 valence electrons. The highest BCUT2D eigenvalue weighted by atomic mass is 19.1. The van der Waals surface area contributed by atoms with Crippen LogP contribution in [0.3, 0.4) is 0 Å². The van der Waals surface area contributed by atoms with Gasteiger partial charge in [-0.05, 0) is 30.7 Å². The zero-order valence-electron chi connectivity index (χ0n) is 12.6. The molecule has 1 amide bonds. The fourth-order valence-corrected chi connectivity index (χ4v) is 2.17. The number of amides is 1. The number of benzene rings is 1. The SMILES string of the molecule is CCCOc1ccccc1NC(=O)c1cn2cc(F)ccc2n1. The molecule has 2 aromatic heterocycles. The number of hydrogen-bond acceptors (Lipinski definition) is 3. The Morgan fingerprint density at radius 2 is 2.09 bits per heavy atom. The highest BCUT2D eigenvalue weighted by molar-refractivity contribution is 6.04. The first-order valence-corrected chi connectivity index (χ1v) is 7.35. The van der Waals surface area contributed by atoms with E-state index in [0.717, 1.165) is 6.42 Å². The van der Waals surface area contributed by atoms with E-state index in [1.807, 2.05) is 19.1 Å². The van der Waals surface area contributed by atoms with Crippen molar-refractivity contribution in [3.8, 4) is 5.75 Å². The molecule has 0 saturated heterocycles. The molecule has 23 heavy (non-hydrogen) atoms. The monoisotopic (exact) mass is 313 g/mol. The Balaban J connectivity index is 1.83. The van der Waals surface area contributed by atoms with E-state index in [9.17, 15) is 9.18 Å². The molecule has 6 heteroatoms. The van der Waals surface area contributed by atoms with Gasteiger partial charge in [0.1, 0.15) is 22.9 Å². The van der Waals surface area contributed by atoms with Gasteiger partial charge in [0.25, 0.3) is 5.91 Å². The number of ether oxygens (including phenoxy) is 1. The van der Waals surface area contributed by atoms with Crippen LogP contribution in [0.5, 0.6) is 5.75 Å². The van der Waals surface area contributed by atoms with Gasteiger partial charge in [0.2, 0.25) is 0 Å². The van der Waals surface area contributed by atoms with E-state index in [2.05, 4.69) is 10.3 Å². The molecule has 0 atom stereocenters. The van der Waals surface area contributed by atoms with Gasteiger partial charge in [-0.3, -0.25) is 4.79 Å². The van der Waals surface area contributed by atoms with Crippen LogP contribution < -0.4 is 10.1 Å². The topological polar surface area (TPSA) is 55.6 Å². The maximum absolute atomic E-state index is 13.2. The van der Waals surface area contributed by atoms with Crippen LogP contribution in [0.1, 0.15) is 23.8 Å². The van der Waals surface area contributed by atoms with Gasteiger partial charge in [0, 0.05) is 12.4 Å². The van der Waals surface area contributed by atoms with Gasteiger partial charge in [0.15, 0.2) is 0 Å². The molecule has 5 nitrogen and oxygen atoms in total. The lowest BCUT2D eigenvalue weighted by molar-refractivity contribution is 0.102. The smallest absolute Gasteiger partial charge is 0.275 e. The second-order valence-corrected chi connectivity index (χ2v) is 5.04. The number of halogens is 1. The van der Waals surface area contributed by atoms with E-state index >= 15 is 0 Å². The van der Waals surface area contributed by atoms with Crippen molar-refractivity contribution < 1.29 is 13.9 Å². The number of para-hydroxylation sites is 2. The van der Waals surface area contributed by atoms with E-state index in [1.165, 1.54) is 28.9 Å². The molecule has 2 heterocycles. The fourth-order valence-electron chi connectivity index (χ4n) is 2.17. The molecule has 0 spiro atoms. The summed E-state index contributed by atoms with van der Waals surface area (Å²) in [5.41, 5.74) is 1.29. The molecule has 0 bridgehead atoms. The first-order valence-electron chi connectivity index (χ1n) is 7.35. The van der Waals surface area contributed by atoms with Crippen molar-refractivity contribution in [3.05, 3.63) is 60.3 Å². The number of anilines is 1. The second-order valence-electron chi connectivity index (χ2n) is 5.04. The van der Waals surface area contributed by atoms with Gasteiger partial charge in [-0.25, -0.2) is 9.37 Å². The lowest BCUT2D eigenvalue weighted by Crippen LogP contribution is -2.13. The first kappa shape index (κ1) is 15.0. The number of aromatic nitrogens is 2. The summed E-state index contributed by atoms with van der Waals surface area (Å²) in [6.45, 7) is 2.58. The average Bonchev–Trinajstić information content (AvgIpc) is 2.97. The molecule has 0 fully saturated rings. The number of imidazole rings is 1. The van der Waals surface area contributed by atoms with Crippen LogP contribution in [-0.4, -0.2) is 21.9 Å². The number of rotatable bonds is 5. The Labute approximate surface area is 132 Å². The summed E-state index contributed by atoms with van der Waals surface area (Å²) in [6, 6.07) is 10.0. The molecule has 3 rings (SSSR count). The van der Waals surface area contributed by atoms with Gasteiger partial charge >= 0.3 is 0 Å². The average molecular weight is 313 g/mol. The summed E-state index contributed by atoms with van der Waals surface area (Å²) in [7, 11) is 0. The Morgan fingerprint density at radius 3 is 2.91 bits per heavy atom. The quantitative estimate of drug-likeness (QED) is 0.784. The van der Waals surface area contributed by atoms with Crippen molar-refractivity contribution >= 4 is 17.2 Å². The van der Waals surface area contributed by atoms with Crippen molar-refractivity contribution in [1.29, 1.82) is 0 Å². The van der Waals surface area contributed by atoms with Crippen molar-refractivity contribution in [2.45, 2.75) is 13.3 Å². The van der Waals surface area contributed by atoms with Gasteiger partial charge in [-0.2, -0.15) is 0 Å². The molecule has 1 aromatic carbocycles. The van der Waals surface area contributed by atoms with Crippen molar-refractivity contribution in [1.82, 2.24) is 9.38 Å². The summed E-state index contributed by atoms with van der Waals surface area (Å²) >= 11 is 0. The Hall–Kier alpha value is -2.89. The summed E-state index contributed by atoms with van der Waals surface area (Å²) in [6.07, 6.45) is 3.64. The maximum atomic E-state index is 13.2. The number of fused-ring (bicyclic) bond motifs is 1. The van der Waals surface area contributed by atoms with Crippen LogP contribution in [0.25, 0.3) is 5.65 Å². The van der Waals surface area contributed by atoms with Gasteiger partial charge in [0.05, 0.1) is 12.3 Å². The molecule has 0 aliphatic heterocycles. The largest absolute Gasteiger partial charge is 0.491 e. The third kappa shape index (κ3) is 3.31. The number of carbonyl (C=O) groups is 1. The van der Waals surface area contributed by atoms with Crippen LogP contribution in [0, 0.1) is 5.82 Å². The minimum atomic E-state index is -0.389. The predicted octanol–water partition coefficient (Wildman–Crippen LogP) is 3.51. The van der Waals surface area contributed by atoms with Gasteiger partial charge in [-0.15, -0.1) is 0 Å². The molecule has 1 N–H and O–H groups in total. The lowest BCUT2D eigenvalue weighted by Gasteiger charge is -2.11. The highest BCUT2D eigenvalue weighted by Gasteiger charge is 2.13. The summed E-state index contributed by atoms with van der Waals surface area (Å²) in [5, 5.41) is 2.78. The van der Waals surface area contributed by atoms with Crippen LogP contribution in [0.4, 0.5) is 10.1 Å². The first-order chi connectivity index (χ1) is 11.2. The fraction of sp³-hybridized carbons (Fsp3) is 0.176. The van der Waals surface area contributed by atoms with Gasteiger partial charge in [-0.1, -0.05) is 19.1 Å². The molecular formula is C17H16FN3O2. The Morgan fingerprint density at radius 1 is 1.26 bits per heavy atom. The number of carbonyl (C=O) groups excluding carboxylic acids is 1. The standard InChI is InChI=1S/C17H16FN3O2/c1-2-9-23-15-6-4-3-5-13(15)20-17(22)14-11-21-10-12(18)7-8-16(21)19-14/h3-8,10-11H,2,9H2,1H3,(H,20,22). The number of nitrogens with one attached hydrogen (secondary N) is 1. The molecule has 0 radical (unpaired) electrons. The molecule has 0 aliphatic rings. The maximum Gasteiger partial charge on any atom is 0.275 e. The number of nitrogens with zero attached hydrogens (tertiary/aromatic N) is 2. The van der Waals surface area contributed by atoms with E-state index < -0.39 is 0 Å². The lowest BCUT2D eigenvalue weighted by atomic mass is 10.3. The minimum Gasteiger partial charge on any atom is -0.491 e. The van der Waals surface area contributed by atoms with Crippen molar-refractivity contribution in [2.75, 3.05) is 11.9 Å². The zero-order valence-corrected chi connectivity index (χ0v) is 12.6. The molecule has 0 unspecified atom stereocenters. The number of pyridine rings is 1. The van der Waals surface area contributed by atoms with Crippen molar-refractivity contribution in [2.24, 2.45) is 0 Å². The van der Waals surface area contributed by atoms with Crippen molar-refractivity contribution in [3.63, 3.8) is 0 Å². The third-order valence-electron chi connectivity index (χ3n) is 3.24. The van der Waals surface area contributed by atoms with Crippen LogP contribution in [-0.2, 0) is 0 Å². The summed E-state index contributed by atoms with van der Waals surface area (Å²) in [4.78, 5) is 16.5. The van der Waals surface area contributed by atoms with E-state index in [1.54, 1.807) is 12.1 Å². The van der Waals surface area contributed by atoms with E-state index in [0.29, 0.717) is 23.7 Å². The Kier molecular flexibility index (Phi) is 4.23. The number of hydrogen-bond donors (Lipinski definition) is 1. The highest BCUT2D eigenvalue weighted by Crippen LogP contribution is 2.24. The second kappa shape index (κ2) is 6.48. The molecule has 0 aliphatic carbocycles. The third-order valence-corrected chi connectivity index (χ3v) is 3.24. The molecular weight excluding hydrogens is 297 g/mol. The predicted molar refractivity (Wildman–Crippen MR) is 85.3 cm³/mol. The normalized spacial score (nSPS) is 10.7.